The number of aryl methyl sites for hydroxylation is 1. The van der Waals surface area contributed by atoms with Crippen molar-refractivity contribution < 1.29 is 8.42 Å². The van der Waals surface area contributed by atoms with Gasteiger partial charge < -0.3 is 0 Å². The van der Waals surface area contributed by atoms with E-state index in [1.807, 2.05) is 18.2 Å². The number of benzene rings is 1. The van der Waals surface area contributed by atoms with Crippen LogP contribution < -0.4 is 0 Å². The molecule has 0 aliphatic heterocycles. The highest BCUT2D eigenvalue weighted by Crippen LogP contribution is 2.17. The third-order valence-corrected chi connectivity index (χ3v) is 5.24. The Morgan fingerprint density at radius 2 is 1.95 bits per heavy atom. The lowest BCUT2D eigenvalue weighted by Gasteiger charge is -2.19. The molecule has 0 saturated heterocycles. The Bertz CT molecular complexity index is 550. The minimum Gasteiger partial charge on any atom is -0.207 e. The van der Waals surface area contributed by atoms with Gasteiger partial charge in [0.25, 0.3) is 0 Å². The summed E-state index contributed by atoms with van der Waals surface area (Å²) in [6.07, 6.45) is 1.91. The van der Waals surface area contributed by atoms with Crippen LogP contribution in [-0.2, 0) is 16.4 Å². The smallest absolute Gasteiger partial charge is 0.207 e. The van der Waals surface area contributed by atoms with Crippen molar-refractivity contribution in [3.05, 3.63) is 29.8 Å². The molecule has 0 amide bonds. The van der Waals surface area contributed by atoms with Crippen LogP contribution in [0.4, 0.5) is 0 Å². The number of halogens is 1. The van der Waals surface area contributed by atoms with Crippen LogP contribution in [-0.4, -0.2) is 31.7 Å². The molecule has 0 heterocycles. The first kappa shape index (κ1) is 17.0. The van der Waals surface area contributed by atoms with E-state index < -0.39 is 10.0 Å². The Hall–Kier alpha value is -1.09. The molecule has 0 aliphatic carbocycles. The van der Waals surface area contributed by atoms with Gasteiger partial charge >= 0.3 is 0 Å². The molecule has 0 radical (unpaired) electrons. The maximum atomic E-state index is 12.4. The molecule has 1 aromatic carbocycles. The summed E-state index contributed by atoms with van der Waals surface area (Å²) in [6.45, 7) is 2.35. The molecule has 1 rings (SSSR count). The van der Waals surface area contributed by atoms with Crippen molar-refractivity contribution in [2.75, 3.05) is 19.0 Å². The van der Waals surface area contributed by atoms with Crippen molar-refractivity contribution in [1.82, 2.24) is 4.31 Å². The second kappa shape index (κ2) is 8.25. The minimum absolute atomic E-state index is 0.195. The number of hydrogen-bond acceptors (Lipinski definition) is 3. The zero-order chi connectivity index (χ0) is 15.0. The van der Waals surface area contributed by atoms with Crippen molar-refractivity contribution in [2.45, 2.75) is 31.1 Å². The molecule has 1 aromatic rings. The lowest BCUT2D eigenvalue weighted by Crippen LogP contribution is -2.31. The quantitative estimate of drug-likeness (QED) is 0.693. The van der Waals surface area contributed by atoms with Gasteiger partial charge in [-0.25, -0.2) is 8.42 Å². The van der Waals surface area contributed by atoms with Crippen LogP contribution in [0.5, 0.6) is 0 Å². The average molecular weight is 315 g/mol. The molecule has 0 atom stereocenters. The van der Waals surface area contributed by atoms with Crippen LogP contribution in [0.2, 0.25) is 0 Å². The molecule has 4 nitrogen and oxygen atoms in total. The van der Waals surface area contributed by atoms with Gasteiger partial charge in [-0.15, -0.1) is 11.6 Å². The van der Waals surface area contributed by atoms with E-state index in [2.05, 4.69) is 0 Å². The van der Waals surface area contributed by atoms with E-state index in [4.69, 9.17) is 16.9 Å². The zero-order valence-corrected chi connectivity index (χ0v) is 13.1. The fourth-order valence-electron chi connectivity index (χ4n) is 1.87. The van der Waals surface area contributed by atoms with Gasteiger partial charge in [-0.3, -0.25) is 0 Å². The standard InChI is InChI=1S/C14H19ClN2O2S/c1-2-17(12-4-11-16)20(18,19)14-8-6-13(7-9-14)5-3-10-15/h6-9H,2-5,10,12H2,1H3. The molecular weight excluding hydrogens is 296 g/mol. The summed E-state index contributed by atoms with van der Waals surface area (Å²) in [6, 6.07) is 8.84. The van der Waals surface area contributed by atoms with Gasteiger partial charge in [0.1, 0.15) is 0 Å². The topological polar surface area (TPSA) is 61.2 Å². The molecule has 0 aromatic heterocycles. The maximum Gasteiger partial charge on any atom is 0.243 e. The predicted molar refractivity (Wildman–Crippen MR) is 80.1 cm³/mol. The Labute approximate surface area is 126 Å². The zero-order valence-electron chi connectivity index (χ0n) is 11.5. The van der Waals surface area contributed by atoms with Gasteiger partial charge in [0.05, 0.1) is 11.0 Å². The van der Waals surface area contributed by atoms with Crippen LogP contribution in [0.3, 0.4) is 0 Å². The van der Waals surface area contributed by atoms with Crippen LogP contribution in [0.1, 0.15) is 25.3 Å². The summed E-state index contributed by atoms with van der Waals surface area (Å²) in [4.78, 5) is 0.270. The minimum atomic E-state index is -3.50. The van der Waals surface area contributed by atoms with E-state index in [0.717, 1.165) is 18.4 Å². The fraction of sp³-hybridized carbons (Fsp3) is 0.500. The van der Waals surface area contributed by atoms with Gasteiger partial charge in [0.15, 0.2) is 0 Å². The molecule has 0 N–H and O–H groups in total. The summed E-state index contributed by atoms with van der Waals surface area (Å²) in [5.74, 6) is 0.595. The molecule has 6 heteroatoms. The van der Waals surface area contributed by atoms with Gasteiger partial charge in [0.2, 0.25) is 10.0 Å². The van der Waals surface area contributed by atoms with Gasteiger partial charge in [-0.1, -0.05) is 19.1 Å². The van der Waals surface area contributed by atoms with Gasteiger partial charge in [0, 0.05) is 25.4 Å². The first-order valence-corrected chi connectivity index (χ1v) is 8.55. The lowest BCUT2D eigenvalue weighted by atomic mass is 10.1. The van der Waals surface area contributed by atoms with Crippen LogP contribution in [0.25, 0.3) is 0 Å². The SMILES string of the molecule is CCN(CCC#N)S(=O)(=O)c1ccc(CCCCl)cc1. The number of sulfonamides is 1. The van der Waals surface area contributed by atoms with Crippen molar-refractivity contribution in [3.63, 3.8) is 0 Å². The van der Waals surface area contributed by atoms with Crippen molar-refractivity contribution in [1.29, 1.82) is 5.26 Å². The molecule has 0 fully saturated rings. The fourth-order valence-corrected chi connectivity index (χ4v) is 3.45. The third-order valence-electron chi connectivity index (χ3n) is 2.99. The summed E-state index contributed by atoms with van der Waals surface area (Å²) < 4.78 is 26.1. The normalized spacial score (nSPS) is 11.5. The number of nitrogens with zero attached hydrogens (tertiary/aromatic N) is 2. The number of alkyl halides is 1. The predicted octanol–water partition coefficient (Wildman–Crippen LogP) is 2.78. The molecule has 0 bridgehead atoms. The highest BCUT2D eigenvalue weighted by Gasteiger charge is 2.22. The highest BCUT2D eigenvalue weighted by molar-refractivity contribution is 7.89. The maximum absolute atomic E-state index is 12.4. The van der Waals surface area contributed by atoms with E-state index in [1.54, 1.807) is 19.1 Å². The first-order chi connectivity index (χ1) is 9.56. The largest absolute Gasteiger partial charge is 0.243 e. The first-order valence-electron chi connectivity index (χ1n) is 6.58. The Morgan fingerprint density at radius 1 is 1.30 bits per heavy atom. The van der Waals surface area contributed by atoms with Gasteiger partial charge in [-0.2, -0.15) is 9.57 Å². The van der Waals surface area contributed by atoms with Crippen molar-refractivity contribution in [2.24, 2.45) is 0 Å². The number of rotatable bonds is 8. The number of hydrogen-bond donors (Lipinski definition) is 0. The van der Waals surface area contributed by atoms with Crippen molar-refractivity contribution in [3.8, 4) is 6.07 Å². The monoisotopic (exact) mass is 314 g/mol. The van der Waals surface area contributed by atoms with E-state index in [0.29, 0.717) is 12.4 Å². The van der Waals surface area contributed by atoms with Crippen LogP contribution >= 0.6 is 11.6 Å². The Kier molecular flexibility index (Phi) is 7.00. The third kappa shape index (κ3) is 4.48. The molecule has 0 aliphatic rings. The molecular formula is C14H19ClN2O2S. The molecule has 0 spiro atoms. The molecule has 0 unspecified atom stereocenters. The van der Waals surface area contributed by atoms with Crippen molar-refractivity contribution >= 4 is 21.6 Å². The summed E-state index contributed by atoms with van der Waals surface area (Å²) in [5, 5.41) is 8.58. The highest BCUT2D eigenvalue weighted by atomic mass is 35.5. The van der Waals surface area contributed by atoms with Crippen LogP contribution in [0, 0.1) is 11.3 Å². The van der Waals surface area contributed by atoms with E-state index in [1.165, 1.54) is 4.31 Å². The molecule has 110 valence electrons. The summed E-state index contributed by atoms with van der Waals surface area (Å²) in [7, 11) is -3.50. The summed E-state index contributed by atoms with van der Waals surface area (Å²) >= 11 is 5.64. The Balaban J connectivity index is 2.88. The Morgan fingerprint density at radius 3 is 2.45 bits per heavy atom. The molecule has 20 heavy (non-hydrogen) atoms. The van der Waals surface area contributed by atoms with Crippen LogP contribution in [0.15, 0.2) is 29.2 Å². The molecule has 0 saturated carbocycles. The van der Waals surface area contributed by atoms with Gasteiger partial charge in [-0.05, 0) is 30.5 Å². The second-order valence-corrected chi connectivity index (χ2v) is 6.66. The summed E-state index contributed by atoms with van der Waals surface area (Å²) in [5.41, 5.74) is 1.07. The lowest BCUT2D eigenvalue weighted by molar-refractivity contribution is 0.435. The van der Waals surface area contributed by atoms with E-state index in [9.17, 15) is 8.42 Å². The van der Waals surface area contributed by atoms with E-state index >= 15 is 0 Å². The van der Waals surface area contributed by atoms with E-state index in [-0.39, 0.29) is 17.9 Å². The number of nitriles is 1. The average Bonchev–Trinajstić information content (AvgIpc) is 2.46. The second-order valence-electron chi connectivity index (χ2n) is 4.34.